The fourth-order valence-electron chi connectivity index (χ4n) is 7.49. The van der Waals surface area contributed by atoms with Crippen molar-refractivity contribution in [1.29, 1.82) is 0 Å². The first-order valence-electron chi connectivity index (χ1n) is 17.0. The standard InChI is InChI=1S/C46H49N/c1-8-35-19-21-38(22-20-35)39-23-25-42(26-24-39)47(45(43(2,3)4)31-27-40(28-32-45)36-15-11-9-12-16-36)46(44(5,6)7)33-29-41(30-34-46)37-17-13-10-14-18-37/h8-31,33H,1,32,34H2,2-7H3. The Kier molecular flexibility index (Phi) is 8.62. The van der Waals surface area contributed by atoms with Crippen molar-refractivity contribution in [2.24, 2.45) is 10.8 Å². The van der Waals surface area contributed by atoms with Gasteiger partial charge in [-0.1, -0.05) is 188 Å². The molecule has 2 atom stereocenters. The van der Waals surface area contributed by atoms with Crippen molar-refractivity contribution in [3.8, 4) is 11.1 Å². The molecule has 1 nitrogen and oxygen atoms in total. The molecule has 1 heteroatoms. The lowest BCUT2D eigenvalue weighted by atomic mass is 9.60. The fraction of sp³-hybridized carbons (Fsp3) is 0.261. The van der Waals surface area contributed by atoms with Crippen LogP contribution in [0.2, 0.25) is 0 Å². The molecule has 0 amide bonds. The normalized spacial score (nSPS) is 21.1. The number of hydrogen-bond donors (Lipinski definition) is 0. The summed E-state index contributed by atoms with van der Waals surface area (Å²) < 4.78 is 0. The Hall–Kier alpha value is -4.62. The second-order valence-electron chi connectivity index (χ2n) is 15.2. The number of benzene rings is 4. The van der Waals surface area contributed by atoms with Gasteiger partial charge in [-0.15, -0.1) is 0 Å². The first kappa shape index (κ1) is 32.3. The monoisotopic (exact) mass is 615 g/mol. The molecule has 0 aliphatic heterocycles. The average Bonchev–Trinajstić information content (AvgIpc) is 3.09. The highest BCUT2D eigenvalue weighted by atomic mass is 15.3. The summed E-state index contributed by atoms with van der Waals surface area (Å²) in [5.74, 6) is 0. The third kappa shape index (κ3) is 6.00. The van der Waals surface area contributed by atoms with Gasteiger partial charge in [-0.05, 0) is 74.8 Å². The summed E-state index contributed by atoms with van der Waals surface area (Å²) in [6.45, 7) is 18.4. The van der Waals surface area contributed by atoms with Crippen LogP contribution in [0.4, 0.5) is 5.69 Å². The van der Waals surface area contributed by atoms with Crippen LogP contribution < -0.4 is 4.90 Å². The van der Waals surface area contributed by atoms with Crippen molar-refractivity contribution in [1.82, 2.24) is 0 Å². The molecule has 0 fully saturated rings. The largest absolute Gasteiger partial charge is 0.352 e. The van der Waals surface area contributed by atoms with Crippen LogP contribution in [0.1, 0.15) is 71.1 Å². The number of hydrogen-bond acceptors (Lipinski definition) is 1. The van der Waals surface area contributed by atoms with Crippen LogP contribution in [-0.2, 0) is 0 Å². The summed E-state index contributed by atoms with van der Waals surface area (Å²) in [4.78, 5) is 2.80. The molecule has 0 bridgehead atoms. The van der Waals surface area contributed by atoms with E-state index >= 15 is 0 Å². The summed E-state index contributed by atoms with van der Waals surface area (Å²) >= 11 is 0. The lowest BCUT2D eigenvalue weighted by Crippen LogP contribution is -2.69. The van der Waals surface area contributed by atoms with E-state index in [0.29, 0.717) is 0 Å². The first-order valence-corrected chi connectivity index (χ1v) is 17.0. The maximum Gasteiger partial charge on any atom is 0.0679 e. The van der Waals surface area contributed by atoms with E-state index in [1.54, 1.807) is 0 Å². The van der Waals surface area contributed by atoms with E-state index in [0.717, 1.165) is 18.4 Å². The van der Waals surface area contributed by atoms with E-state index < -0.39 is 0 Å². The SMILES string of the molecule is C=Cc1ccc(-c2ccc(N(C3(C(C)(C)C)C=CC(c4ccccc4)=CC3)C3(C(C)(C)C)C=CC(c4ccccc4)=CC3)cc2)cc1. The number of anilines is 1. The highest BCUT2D eigenvalue weighted by Gasteiger charge is 2.56. The van der Waals surface area contributed by atoms with Crippen LogP contribution >= 0.6 is 0 Å². The predicted molar refractivity (Wildman–Crippen MR) is 205 cm³/mol. The van der Waals surface area contributed by atoms with Crippen molar-refractivity contribution >= 4 is 22.9 Å². The molecule has 6 rings (SSSR count). The fourth-order valence-corrected chi connectivity index (χ4v) is 7.49. The van der Waals surface area contributed by atoms with Crippen molar-refractivity contribution in [2.75, 3.05) is 4.90 Å². The number of rotatable bonds is 7. The van der Waals surface area contributed by atoms with E-state index in [9.17, 15) is 0 Å². The summed E-state index contributed by atoms with van der Waals surface area (Å²) in [7, 11) is 0. The number of nitrogens with zero attached hydrogens (tertiary/aromatic N) is 1. The van der Waals surface area contributed by atoms with Crippen molar-refractivity contribution < 1.29 is 0 Å². The van der Waals surface area contributed by atoms with Gasteiger partial charge in [-0.25, -0.2) is 0 Å². The Labute approximate surface area is 283 Å². The summed E-state index contributed by atoms with van der Waals surface area (Å²) in [6.07, 6.45) is 18.4. The molecule has 0 aromatic heterocycles. The minimum absolute atomic E-state index is 0.0864. The molecule has 4 aromatic carbocycles. The zero-order chi connectivity index (χ0) is 33.3. The van der Waals surface area contributed by atoms with Gasteiger partial charge < -0.3 is 4.90 Å². The van der Waals surface area contributed by atoms with Gasteiger partial charge in [0.15, 0.2) is 0 Å². The first-order chi connectivity index (χ1) is 22.5. The Bertz CT molecular complexity index is 1730. The van der Waals surface area contributed by atoms with Crippen LogP contribution in [-0.4, -0.2) is 11.1 Å². The highest BCUT2D eigenvalue weighted by molar-refractivity contribution is 5.79. The lowest BCUT2D eigenvalue weighted by Gasteiger charge is -2.63. The minimum atomic E-state index is -0.298. The third-order valence-electron chi connectivity index (χ3n) is 10.6. The molecule has 0 heterocycles. The zero-order valence-corrected chi connectivity index (χ0v) is 29.0. The van der Waals surface area contributed by atoms with Gasteiger partial charge >= 0.3 is 0 Å². The van der Waals surface area contributed by atoms with Gasteiger partial charge in [0.05, 0.1) is 11.1 Å². The average molecular weight is 616 g/mol. The topological polar surface area (TPSA) is 3.24 Å². The second-order valence-corrected chi connectivity index (χ2v) is 15.2. The molecule has 2 aliphatic carbocycles. The third-order valence-corrected chi connectivity index (χ3v) is 10.6. The zero-order valence-electron chi connectivity index (χ0n) is 29.0. The van der Waals surface area contributed by atoms with Crippen molar-refractivity contribution in [3.63, 3.8) is 0 Å². The van der Waals surface area contributed by atoms with Gasteiger partial charge in [0, 0.05) is 5.69 Å². The maximum absolute atomic E-state index is 3.92. The summed E-state index contributed by atoms with van der Waals surface area (Å²) in [5, 5.41) is 0. The Balaban J connectivity index is 1.51. The van der Waals surface area contributed by atoms with E-state index in [4.69, 9.17) is 0 Å². The van der Waals surface area contributed by atoms with E-state index in [-0.39, 0.29) is 21.9 Å². The van der Waals surface area contributed by atoms with Gasteiger partial charge in [0.2, 0.25) is 0 Å². The van der Waals surface area contributed by atoms with Gasteiger partial charge in [-0.2, -0.15) is 0 Å². The number of allylic oxidation sites excluding steroid dienone is 4. The van der Waals surface area contributed by atoms with E-state index in [1.165, 1.54) is 39.1 Å². The Morgan fingerprint density at radius 1 is 0.532 bits per heavy atom. The smallest absolute Gasteiger partial charge is 0.0679 e. The van der Waals surface area contributed by atoms with E-state index in [1.807, 2.05) is 6.08 Å². The molecule has 0 saturated heterocycles. The predicted octanol–water partition coefficient (Wildman–Crippen LogP) is 12.5. The maximum atomic E-state index is 3.92. The molecule has 4 aromatic rings. The molecular formula is C46H49N. The Morgan fingerprint density at radius 2 is 0.936 bits per heavy atom. The Morgan fingerprint density at radius 3 is 1.28 bits per heavy atom. The molecule has 0 spiro atoms. The molecule has 47 heavy (non-hydrogen) atoms. The second kappa shape index (κ2) is 12.5. The van der Waals surface area contributed by atoms with Crippen LogP contribution in [0.5, 0.6) is 0 Å². The van der Waals surface area contributed by atoms with Crippen LogP contribution in [0.25, 0.3) is 28.3 Å². The van der Waals surface area contributed by atoms with Gasteiger partial charge in [0.25, 0.3) is 0 Å². The molecule has 0 N–H and O–H groups in total. The van der Waals surface area contributed by atoms with Gasteiger partial charge in [0.1, 0.15) is 0 Å². The molecule has 2 aliphatic rings. The molecule has 0 saturated carbocycles. The lowest BCUT2D eigenvalue weighted by molar-refractivity contribution is 0.134. The van der Waals surface area contributed by atoms with Crippen molar-refractivity contribution in [2.45, 2.75) is 65.5 Å². The molecule has 238 valence electrons. The van der Waals surface area contributed by atoms with Gasteiger partial charge in [-0.3, -0.25) is 0 Å². The summed E-state index contributed by atoms with van der Waals surface area (Å²) in [6, 6.07) is 39.5. The van der Waals surface area contributed by atoms with Crippen LogP contribution in [0.3, 0.4) is 0 Å². The van der Waals surface area contributed by atoms with Crippen LogP contribution in [0, 0.1) is 10.8 Å². The minimum Gasteiger partial charge on any atom is -0.352 e. The summed E-state index contributed by atoms with van der Waals surface area (Å²) in [5.41, 5.74) is 9.15. The highest BCUT2D eigenvalue weighted by Crippen LogP contribution is 2.55. The van der Waals surface area contributed by atoms with Crippen LogP contribution in [0.15, 0.2) is 152 Å². The van der Waals surface area contributed by atoms with Crippen molar-refractivity contribution in [3.05, 3.63) is 169 Å². The quantitative estimate of drug-likeness (QED) is 0.200. The molecular weight excluding hydrogens is 567 g/mol. The molecule has 0 radical (unpaired) electrons. The molecule has 2 unspecified atom stereocenters. The van der Waals surface area contributed by atoms with E-state index in [2.05, 4.69) is 199 Å².